The Morgan fingerprint density at radius 3 is 2.89 bits per heavy atom. The van der Waals surface area contributed by atoms with Crippen molar-refractivity contribution in [3.05, 3.63) is 53.9 Å². The van der Waals surface area contributed by atoms with Gasteiger partial charge < -0.3 is 16.2 Å². The highest BCUT2D eigenvalue weighted by Gasteiger charge is 2.10. The Kier molecular flexibility index (Phi) is 3.43. The summed E-state index contributed by atoms with van der Waals surface area (Å²) in [5, 5.41) is 12.0. The van der Waals surface area contributed by atoms with Crippen LogP contribution in [0.25, 0.3) is 0 Å². The number of nitrogens with two attached hydrogens (primary N) is 1. The molecule has 18 heavy (non-hydrogen) atoms. The summed E-state index contributed by atoms with van der Waals surface area (Å²) in [6.45, 7) is 0.314. The van der Waals surface area contributed by atoms with Crippen molar-refractivity contribution in [3.63, 3.8) is 0 Å². The molecule has 0 radical (unpaired) electrons. The van der Waals surface area contributed by atoms with Crippen LogP contribution in [0.2, 0.25) is 0 Å². The molecule has 5 heteroatoms. The average Bonchev–Trinajstić information content (AvgIpc) is 2.40. The van der Waals surface area contributed by atoms with Gasteiger partial charge in [-0.15, -0.1) is 0 Å². The molecule has 0 bridgehead atoms. The second-order valence-corrected chi connectivity index (χ2v) is 3.78. The average molecular weight is 243 g/mol. The van der Waals surface area contributed by atoms with Gasteiger partial charge in [0.25, 0.3) is 5.91 Å². The van der Waals surface area contributed by atoms with Gasteiger partial charge in [-0.3, -0.25) is 9.78 Å². The first-order chi connectivity index (χ1) is 8.66. The number of carbonyl (C=O) groups is 1. The zero-order valence-electron chi connectivity index (χ0n) is 9.63. The lowest BCUT2D eigenvalue weighted by Gasteiger charge is -2.07. The number of aromatic nitrogens is 1. The van der Waals surface area contributed by atoms with Crippen LogP contribution < -0.4 is 11.1 Å². The number of benzene rings is 1. The molecule has 2 aromatic rings. The fourth-order valence-electron chi connectivity index (χ4n) is 1.51. The number of nitrogens with one attached hydrogen (secondary N) is 1. The van der Waals surface area contributed by atoms with Crippen molar-refractivity contribution in [2.24, 2.45) is 0 Å². The van der Waals surface area contributed by atoms with E-state index in [1.54, 1.807) is 12.3 Å². The number of rotatable bonds is 3. The number of hydrogen-bond acceptors (Lipinski definition) is 4. The second-order valence-electron chi connectivity index (χ2n) is 3.78. The standard InChI is InChI=1S/C13H13N3O2/c14-12-5-4-10(17)7-11(12)13(18)16-8-9-3-1-2-6-15-9/h1-7,17H,8,14H2,(H,16,18). The van der Waals surface area contributed by atoms with Crippen LogP contribution in [0.3, 0.4) is 0 Å². The van der Waals surface area contributed by atoms with E-state index in [1.165, 1.54) is 18.2 Å². The Morgan fingerprint density at radius 1 is 1.33 bits per heavy atom. The molecule has 2 rings (SSSR count). The van der Waals surface area contributed by atoms with Gasteiger partial charge in [0.15, 0.2) is 0 Å². The molecule has 0 spiro atoms. The van der Waals surface area contributed by atoms with Crippen LogP contribution in [-0.4, -0.2) is 16.0 Å². The Balaban J connectivity index is 2.06. The number of nitrogens with zero attached hydrogens (tertiary/aromatic N) is 1. The molecule has 0 saturated carbocycles. The minimum atomic E-state index is -0.339. The van der Waals surface area contributed by atoms with Crippen LogP contribution in [0.15, 0.2) is 42.6 Å². The third-order valence-corrected chi connectivity index (χ3v) is 2.44. The van der Waals surface area contributed by atoms with E-state index < -0.39 is 0 Å². The minimum Gasteiger partial charge on any atom is -0.508 e. The molecule has 0 aliphatic heterocycles. The van der Waals surface area contributed by atoms with Crippen molar-refractivity contribution in [3.8, 4) is 5.75 Å². The molecule has 0 aliphatic carbocycles. The van der Waals surface area contributed by atoms with Crippen molar-refractivity contribution in [1.82, 2.24) is 10.3 Å². The van der Waals surface area contributed by atoms with Gasteiger partial charge in [-0.1, -0.05) is 6.07 Å². The number of aromatic hydroxyl groups is 1. The van der Waals surface area contributed by atoms with Crippen LogP contribution in [0, 0.1) is 0 Å². The number of carbonyl (C=O) groups excluding carboxylic acids is 1. The fourth-order valence-corrected chi connectivity index (χ4v) is 1.51. The molecular weight excluding hydrogens is 230 g/mol. The largest absolute Gasteiger partial charge is 0.508 e. The summed E-state index contributed by atoms with van der Waals surface area (Å²) in [6, 6.07) is 9.72. The summed E-state index contributed by atoms with van der Waals surface area (Å²) in [7, 11) is 0. The number of phenols is 1. The number of amides is 1. The molecular formula is C13H13N3O2. The Labute approximate surface area is 104 Å². The third-order valence-electron chi connectivity index (χ3n) is 2.44. The van der Waals surface area contributed by atoms with E-state index in [0.29, 0.717) is 12.2 Å². The van der Waals surface area contributed by atoms with Gasteiger partial charge >= 0.3 is 0 Å². The van der Waals surface area contributed by atoms with Crippen LogP contribution in [0.1, 0.15) is 16.1 Å². The molecule has 0 fully saturated rings. The lowest BCUT2D eigenvalue weighted by Crippen LogP contribution is -2.24. The number of nitrogen functional groups attached to an aromatic ring is 1. The molecule has 5 nitrogen and oxygen atoms in total. The van der Waals surface area contributed by atoms with Crippen molar-refractivity contribution in [2.45, 2.75) is 6.54 Å². The first-order valence-corrected chi connectivity index (χ1v) is 5.43. The van der Waals surface area contributed by atoms with Crippen LogP contribution in [-0.2, 0) is 6.54 Å². The molecule has 92 valence electrons. The van der Waals surface area contributed by atoms with Crippen molar-refractivity contribution < 1.29 is 9.90 Å². The molecule has 1 aromatic carbocycles. The number of phenolic OH excluding ortho intramolecular Hbond substituents is 1. The highest BCUT2D eigenvalue weighted by atomic mass is 16.3. The molecule has 0 atom stereocenters. The van der Waals surface area contributed by atoms with Gasteiger partial charge in [-0.05, 0) is 30.3 Å². The fraction of sp³-hybridized carbons (Fsp3) is 0.0769. The van der Waals surface area contributed by atoms with Gasteiger partial charge in [0, 0.05) is 11.9 Å². The Morgan fingerprint density at radius 2 is 2.17 bits per heavy atom. The van der Waals surface area contributed by atoms with Gasteiger partial charge in [-0.2, -0.15) is 0 Å². The van der Waals surface area contributed by atoms with E-state index in [0.717, 1.165) is 5.69 Å². The van der Waals surface area contributed by atoms with Gasteiger partial charge in [0.05, 0.1) is 17.8 Å². The first kappa shape index (κ1) is 11.9. The van der Waals surface area contributed by atoms with Crippen LogP contribution in [0.5, 0.6) is 5.75 Å². The maximum Gasteiger partial charge on any atom is 0.253 e. The molecule has 1 amide bonds. The Bertz CT molecular complexity index is 555. The maximum atomic E-state index is 11.9. The molecule has 1 aromatic heterocycles. The van der Waals surface area contributed by atoms with E-state index in [-0.39, 0.29) is 17.2 Å². The molecule has 4 N–H and O–H groups in total. The van der Waals surface area contributed by atoms with E-state index >= 15 is 0 Å². The summed E-state index contributed by atoms with van der Waals surface area (Å²) < 4.78 is 0. The maximum absolute atomic E-state index is 11.9. The molecule has 0 unspecified atom stereocenters. The van der Waals surface area contributed by atoms with E-state index in [9.17, 15) is 9.90 Å². The normalized spacial score (nSPS) is 10.0. The topological polar surface area (TPSA) is 88.2 Å². The predicted octanol–water partition coefficient (Wildman–Crippen LogP) is 1.30. The van der Waals surface area contributed by atoms with Crippen molar-refractivity contribution in [2.75, 3.05) is 5.73 Å². The summed E-state index contributed by atoms with van der Waals surface area (Å²) in [4.78, 5) is 16.0. The second kappa shape index (κ2) is 5.18. The first-order valence-electron chi connectivity index (χ1n) is 5.43. The molecule has 0 saturated heterocycles. The van der Waals surface area contributed by atoms with Crippen LogP contribution >= 0.6 is 0 Å². The summed E-state index contributed by atoms with van der Waals surface area (Å²) in [6.07, 6.45) is 1.66. The monoisotopic (exact) mass is 243 g/mol. The quantitative estimate of drug-likeness (QED) is 0.560. The van der Waals surface area contributed by atoms with E-state index in [1.807, 2.05) is 12.1 Å². The number of hydrogen-bond donors (Lipinski definition) is 3. The summed E-state index contributed by atoms with van der Waals surface area (Å²) >= 11 is 0. The van der Waals surface area contributed by atoms with Crippen LogP contribution in [0.4, 0.5) is 5.69 Å². The lowest BCUT2D eigenvalue weighted by molar-refractivity contribution is 0.0951. The van der Waals surface area contributed by atoms with E-state index in [4.69, 9.17) is 5.73 Å². The third kappa shape index (κ3) is 2.76. The zero-order chi connectivity index (χ0) is 13.0. The highest BCUT2D eigenvalue weighted by Crippen LogP contribution is 2.18. The zero-order valence-corrected chi connectivity index (χ0v) is 9.63. The summed E-state index contributed by atoms with van der Waals surface area (Å²) in [5.41, 5.74) is 7.01. The molecule has 1 heterocycles. The van der Waals surface area contributed by atoms with Gasteiger partial charge in [0.2, 0.25) is 0 Å². The van der Waals surface area contributed by atoms with Crippen molar-refractivity contribution >= 4 is 11.6 Å². The lowest BCUT2D eigenvalue weighted by atomic mass is 10.1. The Hall–Kier alpha value is -2.56. The minimum absolute atomic E-state index is 0.00665. The summed E-state index contributed by atoms with van der Waals surface area (Å²) in [5.74, 6) is -0.332. The number of anilines is 1. The number of pyridine rings is 1. The van der Waals surface area contributed by atoms with Crippen molar-refractivity contribution in [1.29, 1.82) is 0 Å². The molecule has 0 aliphatic rings. The van der Waals surface area contributed by atoms with Gasteiger partial charge in [0.1, 0.15) is 5.75 Å². The SMILES string of the molecule is Nc1ccc(O)cc1C(=O)NCc1ccccn1. The van der Waals surface area contributed by atoms with Gasteiger partial charge in [-0.25, -0.2) is 0 Å². The highest BCUT2D eigenvalue weighted by molar-refractivity contribution is 5.99. The smallest absolute Gasteiger partial charge is 0.253 e. The van der Waals surface area contributed by atoms with E-state index in [2.05, 4.69) is 10.3 Å². The predicted molar refractivity (Wildman–Crippen MR) is 67.9 cm³/mol.